The highest BCUT2D eigenvalue weighted by Crippen LogP contribution is 2.47. The number of carbonyl (C=O) groups is 3. The van der Waals surface area contributed by atoms with Gasteiger partial charge in [-0.25, -0.2) is 0 Å². The summed E-state index contributed by atoms with van der Waals surface area (Å²) in [7, 11) is 0. The van der Waals surface area contributed by atoms with Gasteiger partial charge < -0.3 is 20.0 Å². The lowest BCUT2D eigenvalue weighted by molar-refractivity contribution is -0.139. The first-order valence-electron chi connectivity index (χ1n) is 15.5. The van der Waals surface area contributed by atoms with Gasteiger partial charge in [0.15, 0.2) is 5.60 Å². The largest absolute Gasteiger partial charge is 0.394 e. The van der Waals surface area contributed by atoms with Crippen LogP contribution in [0.25, 0.3) is 0 Å². The molecule has 6 rings (SSSR count). The van der Waals surface area contributed by atoms with Crippen LogP contribution < -0.4 is 9.80 Å². The first kappa shape index (κ1) is 31.0. The first-order chi connectivity index (χ1) is 22.3. The van der Waals surface area contributed by atoms with Gasteiger partial charge in [0.05, 0.1) is 24.9 Å². The Morgan fingerprint density at radius 2 is 1.63 bits per heavy atom. The third-order valence-electron chi connectivity index (χ3n) is 9.12. The summed E-state index contributed by atoms with van der Waals surface area (Å²) in [5.74, 6) is -1.32. The Morgan fingerprint density at radius 3 is 2.33 bits per heavy atom. The molecule has 2 N–H and O–H groups in total. The van der Waals surface area contributed by atoms with Gasteiger partial charge in [0.1, 0.15) is 0 Å². The van der Waals surface area contributed by atoms with Crippen LogP contribution >= 0.6 is 0 Å². The quantitative estimate of drug-likeness (QED) is 0.188. The zero-order chi connectivity index (χ0) is 32.3. The molecule has 0 saturated carbocycles. The number of hydrogen-bond donors (Lipinski definition) is 2. The van der Waals surface area contributed by atoms with Crippen LogP contribution in [-0.2, 0) is 39.5 Å². The number of hydrogen-bond acceptors (Lipinski definition) is 5. The molecular formula is C38H37N3O5. The van der Waals surface area contributed by atoms with Gasteiger partial charge in [-0.2, -0.15) is 0 Å². The molecule has 3 amide bonds. The molecule has 0 bridgehead atoms. The molecule has 0 radical (unpaired) electrons. The monoisotopic (exact) mass is 615 g/mol. The number of para-hydroxylation sites is 1. The van der Waals surface area contributed by atoms with Gasteiger partial charge in [0, 0.05) is 35.8 Å². The van der Waals surface area contributed by atoms with Crippen LogP contribution in [0, 0.1) is 5.92 Å². The number of anilines is 3. The van der Waals surface area contributed by atoms with E-state index in [9.17, 15) is 24.6 Å². The van der Waals surface area contributed by atoms with Gasteiger partial charge in [-0.1, -0.05) is 91.9 Å². The van der Waals surface area contributed by atoms with E-state index in [0.717, 1.165) is 16.7 Å². The summed E-state index contributed by atoms with van der Waals surface area (Å²) < 4.78 is 0. The van der Waals surface area contributed by atoms with Gasteiger partial charge in [-0.3, -0.25) is 19.3 Å². The van der Waals surface area contributed by atoms with E-state index >= 15 is 0 Å². The molecular weight excluding hydrogens is 578 g/mol. The maximum atomic E-state index is 14.1. The zero-order valence-corrected chi connectivity index (χ0v) is 25.7. The molecule has 0 spiro atoms. The Hall–Kier alpha value is -5.05. The van der Waals surface area contributed by atoms with Crippen LogP contribution in [-0.4, -0.2) is 46.0 Å². The molecule has 4 aromatic carbocycles. The number of rotatable bonds is 10. The lowest BCUT2D eigenvalue weighted by Gasteiger charge is -2.36. The van der Waals surface area contributed by atoms with E-state index in [1.807, 2.05) is 84.9 Å². The molecule has 3 atom stereocenters. The fraction of sp³-hybridized carbons (Fsp3) is 0.237. The third kappa shape index (κ3) is 5.73. The Balaban J connectivity index is 1.29. The zero-order valence-electron chi connectivity index (χ0n) is 25.7. The van der Waals surface area contributed by atoms with E-state index in [1.165, 1.54) is 4.90 Å². The smallest absolute Gasteiger partial charge is 0.264 e. The van der Waals surface area contributed by atoms with Crippen molar-refractivity contribution in [2.75, 3.05) is 16.4 Å². The summed E-state index contributed by atoms with van der Waals surface area (Å²) in [5, 5.41) is 22.3. The number of aliphatic hydroxyl groups excluding tert-OH is 1. The van der Waals surface area contributed by atoms with Crippen LogP contribution in [0.4, 0.5) is 17.1 Å². The number of nitrogens with zero attached hydrogens (tertiary/aromatic N) is 3. The second kappa shape index (κ2) is 13.1. The van der Waals surface area contributed by atoms with Crippen molar-refractivity contribution in [1.82, 2.24) is 4.90 Å². The standard InChI is InChI=1S/C38H37N3O5/c1-27(11-10-18-36(44)39-24-30-15-9-8-14-29(30)21-33(39)25-42)38(46)34-22-32(41(26-43)31-16-6-3-7-17-31)19-20-35(34)40(37(38)45)23-28-12-4-2-5-13-28/h2-17,19-20,22,26-27,33,42,46H,18,21,23-25H2,1H3/b11-10+/t27-,33+,38+/m1/s1. The average Bonchev–Trinajstić information content (AvgIpc) is 3.30. The van der Waals surface area contributed by atoms with E-state index < -0.39 is 17.4 Å². The van der Waals surface area contributed by atoms with Gasteiger partial charge in [-0.15, -0.1) is 0 Å². The van der Waals surface area contributed by atoms with Gasteiger partial charge in [0.2, 0.25) is 12.3 Å². The van der Waals surface area contributed by atoms with E-state index in [0.29, 0.717) is 42.0 Å². The van der Waals surface area contributed by atoms with Crippen molar-refractivity contribution in [2.45, 2.75) is 44.5 Å². The Kier molecular flexibility index (Phi) is 8.83. The van der Waals surface area contributed by atoms with Crippen molar-refractivity contribution in [2.24, 2.45) is 5.92 Å². The SMILES string of the molecule is C[C@H](/C=C/CC(=O)N1Cc2ccccc2C[C@H]1CO)[C@@]1(O)C(=O)N(Cc2ccccc2)c2ccc(N(C=O)c3ccccc3)cc21. The third-order valence-corrected chi connectivity index (χ3v) is 9.12. The Morgan fingerprint density at radius 1 is 0.957 bits per heavy atom. The number of fused-ring (bicyclic) bond motifs is 2. The number of benzene rings is 4. The minimum Gasteiger partial charge on any atom is -0.394 e. The molecule has 4 aromatic rings. The highest BCUT2D eigenvalue weighted by molar-refractivity contribution is 6.08. The highest BCUT2D eigenvalue weighted by Gasteiger charge is 2.52. The second-order valence-corrected chi connectivity index (χ2v) is 11.9. The van der Waals surface area contributed by atoms with Crippen molar-refractivity contribution >= 4 is 35.3 Å². The fourth-order valence-electron chi connectivity index (χ4n) is 6.54. The molecule has 2 aliphatic heterocycles. The topological polar surface area (TPSA) is 101 Å². The maximum absolute atomic E-state index is 14.1. The molecule has 0 aliphatic carbocycles. The van der Waals surface area contributed by atoms with Gasteiger partial charge >= 0.3 is 0 Å². The molecule has 8 heteroatoms. The Labute approximate surface area is 268 Å². The summed E-state index contributed by atoms with van der Waals surface area (Å²) >= 11 is 0. The van der Waals surface area contributed by atoms with E-state index in [2.05, 4.69) is 0 Å². The summed E-state index contributed by atoms with van der Waals surface area (Å²) in [6.45, 7) is 2.30. The van der Waals surface area contributed by atoms with Crippen LogP contribution in [0.1, 0.15) is 35.6 Å². The molecule has 46 heavy (non-hydrogen) atoms. The molecule has 0 unspecified atom stereocenters. The normalized spacial score (nSPS) is 19.5. The maximum Gasteiger partial charge on any atom is 0.264 e. The molecule has 8 nitrogen and oxygen atoms in total. The summed E-state index contributed by atoms with van der Waals surface area (Å²) in [5.41, 5.74) is 3.29. The van der Waals surface area contributed by atoms with Crippen LogP contribution in [0.5, 0.6) is 0 Å². The number of carbonyl (C=O) groups excluding carboxylic acids is 3. The Bertz CT molecular complexity index is 1760. The molecule has 0 aromatic heterocycles. The summed E-state index contributed by atoms with van der Waals surface area (Å²) in [6, 6.07) is 31.6. The fourth-order valence-corrected chi connectivity index (χ4v) is 6.54. The van der Waals surface area contributed by atoms with Crippen molar-refractivity contribution in [1.29, 1.82) is 0 Å². The van der Waals surface area contributed by atoms with Crippen molar-refractivity contribution in [3.8, 4) is 0 Å². The molecule has 2 heterocycles. The molecule has 234 valence electrons. The minimum atomic E-state index is -1.94. The van der Waals surface area contributed by atoms with Gasteiger partial charge in [0.25, 0.3) is 5.91 Å². The van der Waals surface area contributed by atoms with Crippen molar-refractivity contribution < 1.29 is 24.6 Å². The lowest BCUT2D eigenvalue weighted by atomic mass is 9.82. The lowest BCUT2D eigenvalue weighted by Crippen LogP contribution is -2.46. The first-order valence-corrected chi connectivity index (χ1v) is 15.5. The second-order valence-electron chi connectivity index (χ2n) is 11.9. The van der Waals surface area contributed by atoms with Gasteiger partial charge in [-0.05, 0) is 53.4 Å². The van der Waals surface area contributed by atoms with Crippen LogP contribution in [0.3, 0.4) is 0 Å². The molecule has 0 saturated heterocycles. The van der Waals surface area contributed by atoms with Crippen molar-refractivity contribution in [3.63, 3.8) is 0 Å². The van der Waals surface area contributed by atoms with E-state index in [4.69, 9.17) is 0 Å². The average molecular weight is 616 g/mol. The van der Waals surface area contributed by atoms with E-state index in [1.54, 1.807) is 47.1 Å². The number of amides is 3. The minimum absolute atomic E-state index is 0.0564. The van der Waals surface area contributed by atoms with Crippen LogP contribution in [0.2, 0.25) is 0 Å². The van der Waals surface area contributed by atoms with Crippen molar-refractivity contribution in [3.05, 3.63) is 138 Å². The predicted octanol–water partition coefficient (Wildman–Crippen LogP) is 5.24. The van der Waals surface area contributed by atoms with Crippen LogP contribution in [0.15, 0.2) is 115 Å². The molecule has 0 fully saturated rings. The predicted molar refractivity (Wildman–Crippen MR) is 177 cm³/mol. The highest BCUT2D eigenvalue weighted by atomic mass is 16.3. The summed E-state index contributed by atoms with van der Waals surface area (Å²) in [4.78, 5) is 44.5. The van der Waals surface area contributed by atoms with E-state index in [-0.39, 0.29) is 31.5 Å². The molecule has 2 aliphatic rings. The summed E-state index contributed by atoms with van der Waals surface area (Å²) in [6.07, 6.45) is 4.75. The number of aliphatic hydroxyl groups is 2.